The van der Waals surface area contributed by atoms with Crippen LogP contribution in [0.5, 0.6) is 5.75 Å². The fraction of sp³-hybridized carbons (Fsp3) is 0.500. The van der Waals surface area contributed by atoms with E-state index in [0.717, 1.165) is 0 Å². The lowest BCUT2D eigenvalue weighted by Crippen LogP contribution is -2.53. The average molecular weight is 322 g/mol. The fourth-order valence-electron chi connectivity index (χ4n) is 2.26. The summed E-state index contributed by atoms with van der Waals surface area (Å²) in [5, 5.41) is 5.95. The zero-order chi connectivity index (χ0) is 16.7. The molecule has 0 aliphatic carbocycles. The second-order valence-electron chi connectivity index (χ2n) is 5.12. The summed E-state index contributed by atoms with van der Waals surface area (Å²) in [5.41, 5.74) is 0.593. The molecule has 7 nitrogen and oxygen atoms in total. The van der Waals surface area contributed by atoms with Crippen molar-refractivity contribution in [2.45, 2.75) is 26.0 Å². The lowest BCUT2D eigenvalue weighted by Gasteiger charge is -2.29. The number of amides is 1. The van der Waals surface area contributed by atoms with Crippen LogP contribution >= 0.6 is 0 Å². The number of rotatable bonds is 6. The lowest BCUT2D eigenvalue weighted by molar-refractivity contribution is -0.145. The van der Waals surface area contributed by atoms with Gasteiger partial charge in [0.05, 0.1) is 19.3 Å². The van der Waals surface area contributed by atoms with Crippen LogP contribution in [0.25, 0.3) is 0 Å². The number of nitrogens with one attached hydrogen (secondary N) is 2. The van der Waals surface area contributed by atoms with Gasteiger partial charge in [0.1, 0.15) is 11.8 Å². The van der Waals surface area contributed by atoms with Gasteiger partial charge in [-0.05, 0) is 26.0 Å². The molecule has 2 rings (SSSR count). The molecular weight excluding hydrogens is 300 g/mol. The topological polar surface area (TPSA) is 85.9 Å². The minimum absolute atomic E-state index is 0.166. The van der Waals surface area contributed by atoms with E-state index in [0.29, 0.717) is 31.2 Å². The first-order valence-electron chi connectivity index (χ1n) is 7.64. The molecule has 7 heteroatoms. The molecule has 1 aromatic rings. The van der Waals surface area contributed by atoms with Crippen LogP contribution in [0.3, 0.4) is 0 Å². The number of hydrogen-bond donors (Lipinski definition) is 2. The van der Waals surface area contributed by atoms with Crippen LogP contribution in [0.1, 0.15) is 13.8 Å². The Bertz CT molecular complexity index is 549. The summed E-state index contributed by atoms with van der Waals surface area (Å²) < 4.78 is 15.6. The van der Waals surface area contributed by atoms with Gasteiger partial charge in [-0.1, -0.05) is 6.07 Å². The summed E-state index contributed by atoms with van der Waals surface area (Å²) in [6.45, 7) is 4.98. The van der Waals surface area contributed by atoms with E-state index < -0.39 is 12.0 Å². The summed E-state index contributed by atoms with van der Waals surface area (Å²) in [7, 11) is 0. The number of hydrogen-bond acceptors (Lipinski definition) is 6. The van der Waals surface area contributed by atoms with Gasteiger partial charge in [-0.2, -0.15) is 0 Å². The van der Waals surface area contributed by atoms with Crippen LogP contribution in [0.15, 0.2) is 24.3 Å². The highest BCUT2D eigenvalue weighted by Crippen LogP contribution is 2.18. The molecule has 0 spiro atoms. The van der Waals surface area contributed by atoms with Crippen molar-refractivity contribution in [1.82, 2.24) is 5.32 Å². The summed E-state index contributed by atoms with van der Waals surface area (Å²) in [5.74, 6) is -0.115. The molecule has 0 radical (unpaired) electrons. The normalized spacial score (nSPS) is 20.6. The first-order chi connectivity index (χ1) is 11.1. The zero-order valence-electron chi connectivity index (χ0n) is 13.3. The largest absolute Gasteiger partial charge is 0.482 e. The van der Waals surface area contributed by atoms with Crippen molar-refractivity contribution in [2.24, 2.45) is 0 Å². The SMILES string of the molecule is CCOC(=O)COc1cccc(NC(=O)[C@H]2NCCO[C@@H]2C)c1. The van der Waals surface area contributed by atoms with Gasteiger partial charge in [0.15, 0.2) is 6.61 Å². The van der Waals surface area contributed by atoms with Crippen molar-refractivity contribution in [3.63, 3.8) is 0 Å². The molecule has 1 heterocycles. The molecule has 1 aromatic carbocycles. The molecule has 1 amide bonds. The van der Waals surface area contributed by atoms with E-state index >= 15 is 0 Å². The Labute approximate surface area is 135 Å². The molecule has 1 aliphatic rings. The van der Waals surface area contributed by atoms with Gasteiger partial charge in [0, 0.05) is 18.3 Å². The van der Waals surface area contributed by atoms with Crippen molar-refractivity contribution < 1.29 is 23.8 Å². The number of esters is 1. The minimum Gasteiger partial charge on any atom is -0.482 e. The van der Waals surface area contributed by atoms with Crippen LogP contribution in [-0.2, 0) is 19.1 Å². The van der Waals surface area contributed by atoms with Crippen molar-refractivity contribution in [3.8, 4) is 5.75 Å². The van der Waals surface area contributed by atoms with E-state index in [9.17, 15) is 9.59 Å². The van der Waals surface area contributed by atoms with Gasteiger partial charge < -0.3 is 24.8 Å². The molecule has 0 aromatic heterocycles. The van der Waals surface area contributed by atoms with Crippen LogP contribution in [0.2, 0.25) is 0 Å². The third-order valence-electron chi connectivity index (χ3n) is 3.36. The second kappa shape index (κ2) is 8.50. The summed E-state index contributed by atoms with van der Waals surface area (Å²) in [6.07, 6.45) is -0.188. The van der Waals surface area contributed by atoms with Crippen LogP contribution in [0, 0.1) is 0 Å². The van der Waals surface area contributed by atoms with Gasteiger partial charge in [-0.15, -0.1) is 0 Å². The Morgan fingerprint density at radius 2 is 2.26 bits per heavy atom. The van der Waals surface area contributed by atoms with Gasteiger partial charge in [-0.25, -0.2) is 4.79 Å². The maximum Gasteiger partial charge on any atom is 0.344 e. The minimum atomic E-state index is -0.431. The number of carbonyl (C=O) groups excluding carboxylic acids is 2. The zero-order valence-corrected chi connectivity index (χ0v) is 13.3. The Hall–Kier alpha value is -2.12. The standard InChI is InChI=1S/C16H22N2O5/c1-3-21-14(19)10-23-13-6-4-5-12(9-13)18-16(20)15-11(2)22-8-7-17-15/h4-6,9,11,15,17H,3,7-8,10H2,1-2H3,(H,18,20)/t11-,15+/m1/s1. The highest BCUT2D eigenvalue weighted by Gasteiger charge is 2.28. The van der Waals surface area contributed by atoms with E-state index in [-0.39, 0.29) is 18.6 Å². The van der Waals surface area contributed by atoms with Crippen LogP contribution in [0.4, 0.5) is 5.69 Å². The molecule has 1 saturated heterocycles. The quantitative estimate of drug-likeness (QED) is 0.758. The predicted octanol–water partition coefficient (Wildman–Crippen LogP) is 0.944. The number of carbonyl (C=O) groups is 2. The second-order valence-corrected chi connectivity index (χ2v) is 5.12. The monoisotopic (exact) mass is 322 g/mol. The number of anilines is 1. The first kappa shape index (κ1) is 17.2. The molecule has 0 saturated carbocycles. The first-order valence-corrected chi connectivity index (χ1v) is 7.64. The average Bonchev–Trinajstić information content (AvgIpc) is 2.54. The summed E-state index contributed by atoms with van der Waals surface area (Å²) in [4.78, 5) is 23.6. The van der Waals surface area contributed by atoms with Crippen molar-refractivity contribution in [1.29, 1.82) is 0 Å². The Morgan fingerprint density at radius 3 is 3.00 bits per heavy atom. The fourth-order valence-corrected chi connectivity index (χ4v) is 2.26. The molecule has 2 atom stereocenters. The van der Waals surface area contributed by atoms with Gasteiger partial charge >= 0.3 is 5.97 Å². The maximum atomic E-state index is 12.3. The van der Waals surface area contributed by atoms with Gasteiger partial charge in [0.2, 0.25) is 5.91 Å². The highest BCUT2D eigenvalue weighted by atomic mass is 16.6. The Balaban J connectivity index is 1.91. The third kappa shape index (κ3) is 5.22. The Morgan fingerprint density at radius 1 is 1.43 bits per heavy atom. The summed E-state index contributed by atoms with van der Waals surface area (Å²) >= 11 is 0. The van der Waals surface area contributed by atoms with Crippen LogP contribution < -0.4 is 15.4 Å². The molecule has 126 valence electrons. The molecule has 1 fully saturated rings. The highest BCUT2D eigenvalue weighted by molar-refractivity contribution is 5.95. The van der Waals surface area contributed by atoms with Gasteiger partial charge in [-0.3, -0.25) is 4.79 Å². The van der Waals surface area contributed by atoms with Crippen molar-refractivity contribution in [2.75, 3.05) is 31.7 Å². The van der Waals surface area contributed by atoms with E-state index in [2.05, 4.69) is 10.6 Å². The molecule has 0 unspecified atom stereocenters. The molecular formula is C16H22N2O5. The smallest absolute Gasteiger partial charge is 0.344 e. The lowest BCUT2D eigenvalue weighted by atomic mass is 10.1. The molecule has 1 aliphatic heterocycles. The van der Waals surface area contributed by atoms with E-state index in [4.69, 9.17) is 14.2 Å². The Kier molecular flexibility index (Phi) is 6.37. The van der Waals surface area contributed by atoms with E-state index in [1.54, 1.807) is 31.2 Å². The van der Waals surface area contributed by atoms with Crippen molar-refractivity contribution in [3.05, 3.63) is 24.3 Å². The number of benzene rings is 1. The van der Waals surface area contributed by atoms with E-state index in [1.807, 2.05) is 6.92 Å². The molecule has 0 bridgehead atoms. The summed E-state index contributed by atoms with van der Waals surface area (Å²) in [6, 6.07) is 6.46. The van der Waals surface area contributed by atoms with E-state index in [1.165, 1.54) is 0 Å². The molecule has 2 N–H and O–H groups in total. The number of ether oxygens (including phenoxy) is 3. The predicted molar refractivity (Wildman–Crippen MR) is 84.4 cm³/mol. The number of morpholine rings is 1. The third-order valence-corrected chi connectivity index (χ3v) is 3.36. The van der Waals surface area contributed by atoms with Crippen LogP contribution in [-0.4, -0.2) is 50.4 Å². The molecule has 23 heavy (non-hydrogen) atoms. The van der Waals surface area contributed by atoms with Crippen molar-refractivity contribution >= 4 is 17.6 Å². The van der Waals surface area contributed by atoms with Gasteiger partial charge in [0.25, 0.3) is 0 Å². The maximum absolute atomic E-state index is 12.3.